The quantitative estimate of drug-likeness (QED) is 0.879. The van der Waals surface area contributed by atoms with E-state index in [1.54, 1.807) is 22.4 Å². The van der Waals surface area contributed by atoms with E-state index in [1.165, 1.54) is 25.1 Å². The summed E-state index contributed by atoms with van der Waals surface area (Å²) in [6, 6.07) is 3.69. The molecule has 0 atom stereocenters. The van der Waals surface area contributed by atoms with Crippen LogP contribution in [0.3, 0.4) is 0 Å². The number of urea groups is 1. The second-order valence-electron chi connectivity index (χ2n) is 5.59. The van der Waals surface area contributed by atoms with E-state index in [0.29, 0.717) is 31.9 Å². The van der Waals surface area contributed by atoms with E-state index in [-0.39, 0.29) is 17.6 Å². The lowest BCUT2D eigenvalue weighted by molar-refractivity contribution is -0.114. The summed E-state index contributed by atoms with van der Waals surface area (Å²) in [7, 11) is 0. The van der Waals surface area contributed by atoms with Crippen molar-refractivity contribution in [3.8, 4) is 0 Å². The number of halogens is 1. The van der Waals surface area contributed by atoms with Crippen LogP contribution in [0.2, 0.25) is 0 Å². The lowest BCUT2D eigenvalue weighted by atomic mass is 10.2. The first-order valence-electron chi connectivity index (χ1n) is 7.80. The second-order valence-corrected chi connectivity index (χ2v) is 6.47. The molecule has 3 rings (SSSR count). The molecule has 1 aliphatic heterocycles. The van der Waals surface area contributed by atoms with Crippen LogP contribution in [0.25, 0.3) is 0 Å². The van der Waals surface area contributed by atoms with Gasteiger partial charge in [-0.15, -0.1) is 11.3 Å². The minimum atomic E-state index is -0.552. The molecule has 0 spiro atoms. The number of aromatic nitrogens is 1. The maximum absolute atomic E-state index is 13.9. The number of benzene rings is 1. The van der Waals surface area contributed by atoms with Crippen LogP contribution >= 0.6 is 11.3 Å². The van der Waals surface area contributed by atoms with Crippen LogP contribution in [-0.2, 0) is 4.79 Å². The van der Waals surface area contributed by atoms with Crippen LogP contribution in [0.5, 0.6) is 0 Å². The number of piperazine rings is 1. The van der Waals surface area contributed by atoms with Crippen molar-refractivity contribution in [1.29, 1.82) is 0 Å². The Morgan fingerprint density at radius 2 is 1.96 bits per heavy atom. The Morgan fingerprint density at radius 1 is 1.20 bits per heavy atom. The van der Waals surface area contributed by atoms with Crippen molar-refractivity contribution in [2.75, 3.05) is 41.7 Å². The van der Waals surface area contributed by atoms with Gasteiger partial charge in [-0.1, -0.05) is 0 Å². The Kier molecular flexibility index (Phi) is 5.13. The minimum absolute atomic E-state index is 0.0404. The number of amides is 3. The van der Waals surface area contributed by atoms with Gasteiger partial charge in [-0.25, -0.2) is 14.2 Å². The molecule has 9 heteroatoms. The molecule has 0 unspecified atom stereocenters. The van der Waals surface area contributed by atoms with E-state index in [4.69, 9.17) is 0 Å². The van der Waals surface area contributed by atoms with Crippen LogP contribution in [0.4, 0.5) is 25.7 Å². The third kappa shape index (κ3) is 4.24. The van der Waals surface area contributed by atoms with Gasteiger partial charge >= 0.3 is 6.03 Å². The molecule has 1 saturated heterocycles. The van der Waals surface area contributed by atoms with Crippen LogP contribution < -0.4 is 15.5 Å². The molecule has 0 bridgehead atoms. The van der Waals surface area contributed by atoms with E-state index in [2.05, 4.69) is 20.5 Å². The number of hydrogen-bond acceptors (Lipinski definition) is 5. The fourth-order valence-corrected chi connectivity index (χ4v) is 3.27. The zero-order chi connectivity index (χ0) is 17.8. The molecule has 2 aromatic rings. The molecule has 0 radical (unpaired) electrons. The summed E-state index contributed by atoms with van der Waals surface area (Å²) in [5.41, 5.74) is 0.469. The maximum Gasteiger partial charge on any atom is 0.322 e. The van der Waals surface area contributed by atoms with Crippen molar-refractivity contribution >= 4 is 39.8 Å². The maximum atomic E-state index is 13.9. The predicted octanol–water partition coefficient (Wildman–Crippen LogP) is 2.59. The average molecular weight is 363 g/mol. The molecule has 0 aliphatic carbocycles. The highest BCUT2D eigenvalue weighted by Gasteiger charge is 2.23. The van der Waals surface area contributed by atoms with Gasteiger partial charge < -0.3 is 20.4 Å². The first-order valence-corrected chi connectivity index (χ1v) is 8.68. The summed E-state index contributed by atoms with van der Waals surface area (Å²) in [5.74, 6) is -0.814. The SMILES string of the molecule is CC(=O)Nc1ccc(F)c(NC(=O)N2CCN(c3nccs3)CC2)c1. The molecule has 25 heavy (non-hydrogen) atoms. The second kappa shape index (κ2) is 7.47. The number of carbonyl (C=O) groups is 2. The zero-order valence-electron chi connectivity index (χ0n) is 13.7. The van der Waals surface area contributed by atoms with E-state index in [0.717, 1.165) is 5.13 Å². The van der Waals surface area contributed by atoms with Crippen molar-refractivity contribution in [3.05, 3.63) is 35.6 Å². The smallest absolute Gasteiger partial charge is 0.322 e. The van der Waals surface area contributed by atoms with Gasteiger partial charge in [0.05, 0.1) is 5.69 Å². The lowest BCUT2D eigenvalue weighted by Crippen LogP contribution is -2.50. The third-order valence-corrected chi connectivity index (χ3v) is 4.62. The first-order chi connectivity index (χ1) is 12.0. The topological polar surface area (TPSA) is 77.6 Å². The molecule has 2 heterocycles. The number of nitrogens with one attached hydrogen (secondary N) is 2. The average Bonchev–Trinajstić information content (AvgIpc) is 3.12. The van der Waals surface area contributed by atoms with Gasteiger partial charge in [-0.05, 0) is 18.2 Å². The van der Waals surface area contributed by atoms with Crippen LogP contribution in [-0.4, -0.2) is 48.0 Å². The number of hydrogen-bond donors (Lipinski definition) is 2. The summed E-state index contributed by atoms with van der Waals surface area (Å²) < 4.78 is 13.9. The Labute approximate surface area is 148 Å². The van der Waals surface area contributed by atoms with Crippen molar-refractivity contribution in [3.63, 3.8) is 0 Å². The van der Waals surface area contributed by atoms with Gasteiger partial charge in [0.2, 0.25) is 5.91 Å². The molecule has 132 valence electrons. The van der Waals surface area contributed by atoms with Gasteiger partial charge in [-0.3, -0.25) is 4.79 Å². The van der Waals surface area contributed by atoms with Gasteiger partial charge in [0.15, 0.2) is 5.13 Å². The Hall–Kier alpha value is -2.68. The number of carbonyl (C=O) groups excluding carboxylic acids is 2. The normalized spacial score (nSPS) is 14.3. The van der Waals surface area contributed by atoms with E-state index >= 15 is 0 Å². The molecule has 2 N–H and O–H groups in total. The van der Waals surface area contributed by atoms with Gasteiger partial charge in [-0.2, -0.15) is 0 Å². The molecule has 1 aromatic carbocycles. The standard InChI is InChI=1S/C16H18FN5O2S/c1-11(23)19-12-2-3-13(17)14(10-12)20-15(24)21-5-7-22(8-6-21)16-18-4-9-25-16/h2-4,9-10H,5-8H2,1H3,(H,19,23)(H,20,24). The largest absolute Gasteiger partial charge is 0.345 e. The highest BCUT2D eigenvalue weighted by molar-refractivity contribution is 7.13. The fraction of sp³-hybridized carbons (Fsp3) is 0.312. The number of rotatable bonds is 3. The summed E-state index contributed by atoms with van der Waals surface area (Å²) in [4.78, 5) is 31.5. The Balaban J connectivity index is 1.60. The summed E-state index contributed by atoms with van der Waals surface area (Å²) >= 11 is 1.56. The monoisotopic (exact) mass is 363 g/mol. The highest BCUT2D eigenvalue weighted by atomic mass is 32.1. The third-order valence-electron chi connectivity index (χ3n) is 3.79. The number of thiazole rings is 1. The molecule has 3 amide bonds. The van der Waals surface area contributed by atoms with E-state index in [9.17, 15) is 14.0 Å². The van der Waals surface area contributed by atoms with Crippen LogP contribution in [0.1, 0.15) is 6.92 Å². The summed E-state index contributed by atoms with van der Waals surface area (Å²) in [6.45, 7) is 3.77. The molecular weight excluding hydrogens is 345 g/mol. The Morgan fingerprint density at radius 3 is 2.60 bits per heavy atom. The van der Waals surface area contributed by atoms with Crippen molar-refractivity contribution in [2.24, 2.45) is 0 Å². The van der Waals surface area contributed by atoms with Crippen LogP contribution in [0.15, 0.2) is 29.8 Å². The molecule has 0 saturated carbocycles. The zero-order valence-corrected chi connectivity index (χ0v) is 14.5. The van der Waals surface area contributed by atoms with Crippen molar-refractivity contribution in [2.45, 2.75) is 6.92 Å². The minimum Gasteiger partial charge on any atom is -0.345 e. The number of nitrogens with zero attached hydrogens (tertiary/aromatic N) is 3. The lowest BCUT2D eigenvalue weighted by Gasteiger charge is -2.34. The van der Waals surface area contributed by atoms with Gasteiger partial charge in [0.1, 0.15) is 5.82 Å². The summed E-state index contributed by atoms with van der Waals surface area (Å²) in [5, 5.41) is 7.99. The molecule has 1 aliphatic rings. The van der Waals surface area contributed by atoms with Crippen molar-refractivity contribution < 1.29 is 14.0 Å². The fourth-order valence-electron chi connectivity index (χ4n) is 2.57. The Bertz CT molecular complexity index is 760. The molecule has 1 fully saturated rings. The molecule has 7 nitrogen and oxygen atoms in total. The molecular formula is C16H18FN5O2S. The highest BCUT2D eigenvalue weighted by Crippen LogP contribution is 2.22. The van der Waals surface area contributed by atoms with E-state index in [1.807, 2.05) is 5.38 Å². The summed E-state index contributed by atoms with van der Waals surface area (Å²) in [6.07, 6.45) is 1.75. The van der Waals surface area contributed by atoms with Gasteiger partial charge in [0, 0.05) is 50.4 Å². The molecule has 1 aromatic heterocycles. The van der Waals surface area contributed by atoms with Gasteiger partial charge in [0.25, 0.3) is 0 Å². The van der Waals surface area contributed by atoms with E-state index < -0.39 is 5.82 Å². The number of anilines is 3. The van der Waals surface area contributed by atoms with Crippen molar-refractivity contribution in [1.82, 2.24) is 9.88 Å². The van der Waals surface area contributed by atoms with Crippen LogP contribution in [0, 0.1) is 5.82 Å². The first kappa shape index (κ1) is 17.2. The predicted molar refractivity (Wildman–Crippen MR) is 95.6 cm³/mol.